The Hall–Kier alpha value is -1.87. The number of nitrogens with zero attached hydrogens (tertiary/aromatic N) is 1. The van der Waals surface area contributed by atoms with Crippen LogP contribution in [0.4, 0.5) is 0 Å². The standard InChI is InChI=1S/C11H18.C11H16.C10H19NO3.C10H17.HNO3/c2*1-7-4-5-9-10(2,3)11(9)6-8(7)11;1-8-4-6-9(7-5-8)10(2,3)14-11(12)13;1-8(2)10-6-4-9(3)5-7-10;2-1(3)4/h7-9H,4-6H2,1-3H3;8-9H,1,4-6H2,2-3H3;4,9,11-12H,5-7H2,1-3H3;4,8H,5-7H2,1-3H3;(H,2,3,4)/q;;;+1;/p+1. The first-order chi connectivity index (χ1) is 23.1. The van der Waals surface area contributed by atoms with Crippen molar-refractivity contribution < 1.29 is 27.2 Å². The second kappa shape index (κ2) is 14.9. The highest BCUT2D eigenvalue weighted by atomic mass is 17.1. The van der Waals surface area contributed by atoms with Crippen molar-refractivity contribution in [2.75, 3.05) is 0 Å². The van der Waals surface area contributed by atoms with E-state index in [1.165, 1.54) is 56.9 Å². The molecule has 6 saturated carbocycles. The molecule has 0 aliphatic heterocycles. The lowest BCUT2D eigenvalue weighted by molar-refractivity contribution is -1.21. The Bertz CT molecular complexity index is 1300. The van der Waals surface area contributed by atoms with Crippen LogP contribution in [0.25, 0.3) is 0 Å². The van der Waals surface area contributed by atoms with E-state index in [0.29, 0.717) is 11.3 Å². The number of hydrogen-bond acceptors (Lipinski definition) is 5. The van der Waals surface area contributed by atoms with E-state index >= 15 is 0 Å². The van der Waals surface area contributed by atoms with Crippen LogP contribution >= 0.6 is 0 Å². The summed E-state index contributed by atoms with van der Waals surface area (Å²) in [6, 6.07) is 0. The topological polar surface area (TPSA) is 120 Å². The minimum Gasteiger partial charge on any atom is -0.566 e. The molecular weight excluding hydrogens is 628 g/mol. The van der Waals surface area contributed by atoms with Gasteiger partial charge in [0.25, 0.3) is 5.09 Å². The largest absolute Gasteiger partial charge is 1.00 e. The molecule has 8 heteroatoms. The van der Waals surface area contributed by atoms with E-state index in [-0.39, 0.29) is 1.43 Å². The van der Waals surface area contributed by atoms with Crippen LogP contribution in [0, 0.1) is 84.3 Å². The fourth-order valence-electron chi connectivity index (χ4n) is 11.7. The van der Waals surface area contributed by atoms with Gasteiger partial charge >= 0.3 is 1.43 Å². The third-order valence-electron chi connectivity index (χ3n) is 15.5. The summed E-state index contributed by atoms with van der Waals surface area (Å²) in [4.78, 5) is 13.3. The van der Waals surface area contributed by atoms with Crippen LogP contribution in [-0.4, -0.2) is 21.1 Å². The molecule has 0 bridgehead atoms. The first-order valence-electron chi connectivity index (χ1n) is 19.6. The smallest absolute Gasteiger partial charge is 0.566 e. The van der Waals surface area contributed by atoms with Crippen LogP contribution < -0.4 is 5.39 Å². The molecule has 2 spiro atoms. The van der Waals surface area contributed by atoms with Gasteiger partial charge in [0, 0.05) is 6.42 Å². The fraction of sp³-hybridized carbons (Fsp3) is 0.833. The molecule has 0 radical (unpaired) electrons. The fourth-order valence-corrected chi connectivity index (χ4v) is 11.7. The van der Waals surface area contributed by atoms with Gasteiger partial charge in [0.1, 0.15) is 12.0 Å². The summed E-state index contributed by atoms with van der Waals surface area (Å²) >= 11 is 0. The SMILES string of the molecule is C=C1CCC2C(C)(C)C23CC13.CC1=CCC(C(C)(C)O[NH+]([O-])O)CC1.CC1=CC[C+](C(C)C)CC1.CC1CCC2C(C)(C)C23CC13.O=[N+]([O-])O.[H+]. The zero-order chi connectivity index (χ0) is 37.6. The molecule has 0 aromatic carbocycles. The number of quaternary nitrogens is 1. The van der Waals surface area contributed by atoms with Crippen molar-refractivity contribution in [1.29, 1.82) is 0 Å². The predicted octanol–water partition coefficient (Wildman–Crippen LogP) is 10.4. The molecule has 284 valence electrons. The molecule has 0 aromatic rings. The summed E-state index contributed by atoms with van der Waals surface area (Å²) in [5, 5.41) is 31.5. The Morgan fingerprint density at radius 2 is 1.58 bits per heavy atom. The molecule has 0 saturated heterocycles. The highest BCUT2D eigenvalue weighted by Crippen LogP contribution is 2.90. The van der Waals surface area contributed by atoms with Crippen LogP contribution in [0.5, 0.6) is 0 Å². The molecule has 8 aliphatic rings. The molecule has 9 unspecified atom stereocenters. The van der Waals surface area contributed by atoms with Crippen molar-refractivity contribution in [3.63, 3.8) is 0 Å². The molecule has 3 N–H and O–H groups in total. The van der Waals surface area contributed by atoms with E-state index < -0.39 is 16.1 Å². The van der Waals surface area contributed by atoms with E-state index in [9.17, 15) is 5.21 Å². The van der Waals surface area contributed by atoms with E-state index in [1.54, 1.807) is 23.5 Å². The zero-order valence-electron chi connectivity index (χ0n) is 34.4. The summed E-state index contributed by atoms with van der Waals surface area (Å²) in [6.45, 7) is 29.2. The molecule has 6 fully saturated rings. The molecule has 0 heterocycles. The van der Waals surface area contributed by atoms with Gasteiger partial charge in [-0.3, -0.25) is 0 Å². The molecule has 8 nitrogen and oxygen atoms in total. The van der Waals surface area contributed by atoms with Crippen molar-refractivity contribution in [1.82, 2.24) is 0 Å². The Balaban J connectivity index is 0.000000177. The lowest BCUT2D eigenvalue weighted by Crippen LogP contribution is -3.05. The maximum atomic E-state index is 10.5. The highest BCUT2D eigenvalue weighted by Gasteiger charge is 2.84. The Labute approximate surface area is 305 Å². The number of nitrogens with one attached hydrogen (secondary N) is 1. The number of allylic oxidation sites excluding steroid dienone is 5. The Kier molecular flexibility index (Phi) is 12.2. The Morgan fingerprint density at radius 1 is 1.00 bits per heavy atom. The number of rotatable bonds is 4. The summed E-state index contributed by atoms with van der Waals surface area (Å²) in [6.07, 6.45) is 20.3. The molecule has 50 heavy (non-hydrogen) atoms. The summed E-state index contributed by atoms with van der Waals surface area (Å²) in [5.41, 5.74) is 7.04. The van der Waals surface area contributed by atoms with Crippen LogP contribution in [0.2, 0.25) is 0 Å². The van der Waals surface area contributed by atoms with Crippen LogP contribution in [0.1, 0.15) is 155 Å². The van der Waals surface area contributed by atoms with Gasteiger partial charge < -0.3 is 10.4 Å². The maximum absolute atomic E-state index is 10.5. The summed E-state index contributed by atoms with van der Waals surface area (Å²) < 4.78 is 0. The lowest BCUT2D eigenvalue weighted by Gasteiger charge is -2.35. The van der Waals surface area contributed by atoms with E-state index in [0.717, 1.165) is 71.0 Å². The van der Waals surface area contributed by atoms with Gasteiger partial charge in [0.15, 0.2) is 0 Å². The van der Waals surface area contributed by atoms with E-state index in [2.05, 4.69) is 81.0 Å². The molecule has 0 aromatic heterocycles. The average molecular weight is 701 g/mol. The van der Waals surface area contributed by atoms with E-state index in [1.807, 2.05) is 13.8 Å². The molecular formula is C42H72N2O6+2. The molecule has 8 aliphatic carbocycles. The average Bonchev–Trinajstić information content (AvgIpc) is 3.92. The van der Waals surface area contributed by atoms with Gasteiger partial charge in [-0.25, -0.2) is 0 Å². The van der Waals surface area contributed by atoms with Gasteiger partial charge in [0.2, 0.25) is 0 Å². The lowest BCUT2D eigenvalue weighted by atomic mass is 9.80. The second-order valence-corrected chi connectivity index (χ2v) is 19.2. The highest BCUT2D eigenvalue weighted by molar-refractivity contribution is 5.39. The van der Waals surface area contributed by atoms with Gasteiger partial charge in [-0.15, -0.1) is 10.1 Å². The minimum absolute atomic E-state index is 0. The first-order valence-corrected chi connectivity index (χ1v) is 19.6. The molecule has 0 amide bonds. The molecule has 8 rings (SSSR count). The van der Waals surface area contributed by atoms with Crippen molar-refractivity contribution >= 4 is 0 Å². The monoisotopic (exact) mass is 701 g/mol. The van der Waals surface area contributed by atoms with Gasteiger partial charge in [0.05, 0.1) is 18.3 Å². The summed E-state index contributed by atoms with van der Waals surface area (Å²) in [5.74, 6) is 8.14. The predicted molar refractivity (Wildman–Crippen MR) is 200 cm³/mol. The quantitative estimate of drug-likeness (QED) is 0.116. The van der Waals surface area contributed by atoms with Gasteiger partial charge in [-0.2, -0.15) is 10.0 Å². The van der Waals surface area contributed by atoms with Crippen LogP contribution in [-0.2, 0) is 4.84 Å². The van der Waals surface area contributed by atoms with Gasteiger partial charge in [-0.1, -0.05) is 75.8 Å². The number of hydrogen-bond donors (Lipinski definition) is 3. The van der Waals surface area contributed by atoms with Crippen molar-refractivity contribution in [2.45, 2.75) is 159 Å². The van der Waals surface area contributed by atoms with Crippen LogP contribution in [0.15, 0.2) is 35.5 Å². The first kappa shape index (κ1) is 40.9. The van der Waals surface area contributed by atoms with Gasteiger partial charge in [-0.05, 0) is 156 Å². The third kappa shape index (κ3) is 8.19. The third-order valence-corrected chi connectivity index (χ3v) is 15.5. The normalized spacial score (nSPS) is 37.9. The molecule has 9 atom stereocenters. The zero-order valence-corrected chi connectivity index (χ0v) is 33.4. The van der Waals surface area contributed by atoms with E-state index in [4.69, 9.17) is 25.4 Å². The van der Waals surface area contributed by atoms with Crippen LogP contribution in [0.3, 0.4) is 0 Å². The summed E-state index contributed by atoms with van der Waals surface area (Å²) in [7, 11) is 0. The minimum atomic E-state index is -1.50. The van der Waals surface area contributed by atoms with Crippen molar-refractivity contribution in [3.8, 4) is 0 Å². The van der Waals surface area contributed by atoms with Crippen molar-refractivity contribution in [3.05, 3.63) is 56.7 Å². The van der Waals surface area contributed by atoms with Crippen molar-refractivity contribution in [2.24, 2.45) is 63.1 Å². The second-order valence-electron chi connectivity index (χ2n) is 19.2. The Morgan fingerprint density at radius 3 is 2.06 bits per heavy atom. The maximum Gasteiger partial charge on any atom is 1.00 e.